The predicted octanol–water partition coefficient (Wildman–Crippen LogP) is 2.19. The van der Waals surface area contributed by atoms with E-state index in [0.29, 0.717) is 0 Å². The third kappa shape index (κ3) is 1.16. The summed E-state index contributed by atoms with van der Waals surface area (Å²) >= 11 is 0. The van der Waals surface area contributed by atoms with Gasteiger partial charge in [-0.2, -0.15) is 0 Å². The zero-order valence-electron chi connectivity index (χ0n) is 8.01. The molecule has 3 nitrogen and oxygen atoms in total. The molecule has 2 rings (SSSR count). The van der Waals surface area contributed by atoms with Gasteiger partial charge in [0.05, 0.1) is 18.1 Å². The van der Waals surface area contributed by atoms with E-state index in [1.165, 1.54) is 0 Å². The third-order valence-electron chi connectivity index (χ3n) is 2.20. The first kappa shape index (κ1) is 8.10. The molecule has 0 saturated carbocycles. The van der Waals surface area contributed by atoms with Crippen LogP contribution < -0.4 is 4.74 Å². The zero-order valence-corrected chi connectivity index (χ0v) is 8.01. The van der Waals surface area contributed by atoms with Gasteiger partial charge in [-0.3, -0.25) is 0 Å². The van der Waals surface area contributed by atoms with Crippen LogP contribution in [0.15, 0.2) is 12.1 Å². The molecule has 0 atom stereocenters. The molecule has 1 aromatic carbocycles. The van der Waals surface area contributed by atoms with E-state index < -0.39 is 0 Å². The number of ether oxygens (including phenoxy) is 1. The number of rotatable bonds is 1. The summed E-state index contributed by atoms with van der Waals surface area (Å²) in [5.74, 6) is 1.82. The molecule has 1 aromatic heterocycles. The monoisotopic (exact) mass is 176 g/mol. The highest BCUT2D eigenvalue weighted by molar-refractivity contribution is 5.81. The van der Waals surface area contributed by atoms with Gasteiger partial charge in [0.2, 0.25) is 0 Å². The van der Waals surface area contributed by atoms with E-state index in [4.69, 9.17) is 4.74 Å². The lowest BCUT2D eigenvalue weighted by atomic mass is 10.2. The molecule has 0 amide bonds. The fourth-order valence-electron chi connectivity index (χ4n) is 1.54. The first-order valence-corrected chi connectivity index (χ1v) is 4.22. The van der Waals surface area contributed by atoms with Crippen molar-refractivity contribution in [3.8, 4) is 5.75 Å². The largest absolute Gasteiger partial charge is 0.496 e. The molecule has 0 unspecified atom stereocenters. The number of imidazole rings is 1. The van der Waals surface area contributed by atoms with Crippen LogP contribution in [0.1, 0.15) is 11.4 Å². The molecule has 0 aliphatic carbocycles. The molecule has 0 spiro atoms. The minimum absolute atomic E-state index is 0.888. The molecule has 2 aromatic rings. The van der Waals surface area contributed by atoms with Gasteiger partial charge in [0.15, 0.2) is 0 Å². The summed E-state index contributed by atoms with van der Waals surface area (Å²) in [6, 6.07) is 3.94. The van der Waals surface area contributed by atoms with Crippen LogP contribution >= 0.6 is 0 Å². The number of methoxy groups -OCH3 is 1. The van der Waals surface area contributed by atoms with Gasteiger partial charge in [0.1, 0.15) is 11.6 Å². The highest BCUT2D eigenvalue weighted by Gasteiger charge is 2.06. The summed E-state index contributed by atoms with van der Waals surface area (Å²) in [6.07, 6.45) is 0. The number of nitrogens with zero attached hydrogens (tertiary/aromatic N) is 1. The van der Waals surface area contributed by atoms with Crippen molar-refractivity contribution >= 4 is 11.0 Å². The Hall–Kier alpha value is -1.51. The van der Waals surface area contributed by atoms with Crippen LogP contribution in [0.2, 0.25) is 0 Å². The maximum atomic E-state index is 5.21. The van der Waals surface area contributed by atoms with Crippen molar-refractivity contribution in [1.29, 1.82) is 0 Å². The number of hydrogen-bond donors (Lipinski definition) is 1. The van der Waals surface area contributed by atoms with E-state index in [1.54, 1.807) is 7.11 Å². The topological polar surface area (TPSA) is 37.9 Å². The van der Waals surface area contributed by atoms with Gasteiger partial charge in [0.25, 0.3) is 0 Å². The Morgan fingerprint density at radius 3 is 2.77 bits per heavy atom. The second-order valence-corrected chi connectivity index (χ2v) is 3.11. The Morgan fingerprint density at radius 2 is 2.08 bits per heavy atom. The molecule has 0 bridgehead atoms. The summed E-state index contributed by atoms with van der Waals surface area (Å²) in [6.45, 7) is 3.97. The zero-order chi connectivity index (χ0) is 9.42. The van der Waals surface area contributed by atoms with Crippen LogP contribution in [0, 0.1) is 13.8 Å². The fourth-order valence-corrected chi connectivity index (χ4v) is 1.54. The standard InChI is InChI=1S/C10H12N2O/c1-6-9(13-3)5-4-8-10(6)12-7(2)11-8/h4-5H,1-3H3,(H,11,12). The average Bonchev–Trinajstić information content (AvgIpc) is 2.47. The molecule has 0 fully saturated rings. The van der Waals surface area contributed by atoms with Crippen LogP contribution in [0.3, 0.4) is 0 Å². The summed E-state index contributed by atoms with van der Waals surface area (Å²) in [5.41, 5.74) is 3.15. The molecule has 1 N–H and O–H groups in total. The Bertz CT molecular complexity index is 445. The van der Waals surface area contributed by atoms with Gasteiger partial charge in [-0.25, -0.2) is 4.98 Å². The lowest BCUT2D eigenvalue weighted by molar-refractivity contribution is 0.412. The van der Waals surface area contributed by atoms with E-state index in [-0.39, 0.29) is 0 Å². The van der Waals surface area contributed by atoms with Crippen molar-refractivity contribution < 1.29 is 4.74 Å². The number of fused-ring (bicyclic) bond motifs is 1. The second-order valence-electron chi connectivity index (χ2n) is 3.11. The molecule has 0 saturated heterocycles. The van der Waals surface area contributed by atoms with E-state index in [2.05, 4.69) is 9.97 Å². The van der Waals surface area contributed by atoms with Crippen molar-refractivity contribution in [3.63, 3.8) is 0 Å². The van der Waals surface area contributed by atoms with Gasteiger partial charge in [-0.05, 0) is 26.0 Å². The number of aromatic nitrogens is 2. The average molecular weight is 176 g/mol. The van der Waals surface area contributed by atoms with Gasteiger partial charge >= 0.3 is 0 Å². The predicted molar refractivity (Wildman–Crippen MR) is 52.1 cm³/mol. The molecule has 3 heteroatoms. The Labute approximate surface area is 76.8 Å². The van der Waals surface area contributed by atoms with Crippen molar-refractivity contribution in [2.45, 2.75) is 13.8 Å². The molecule has 1 heterocycles. The smallest absolute Gasteiger partial charge is 0.124 e. The lowest BCUT2D eigenvalue weighted by Gasteiger charge is -2.03. The van der Waals surface area contributed by atoms with E-state index >= 15 is 0 Å². The van der Waals surface area contributed by atoms with Gasteiger partial charge in [-0.15, -0.1) is 0 Å². The van der Waals surface area contributed by atoms with Crippen molar-refractivity contribution in [1.82, 2.24) is 9.97 Å². The first-order chi connectivity index (χ1) is 6.22. The van der Waals surface area contributed by atoms with Crippen molar-refractivity contribution in [2.75, 3.05) is 7.11 Å². The Kier molecular flexibility index (Phi) is 1.72. The SMILES string of the molecule is COc1ccc2[nH]c(C)nc2c1C. The molecule has 0 radical (unpaired) electrons. The summed E-state index contributed by atoms with van der Waals surface area (Å²) < 4.78 is 5.21. The highest BCUT2D eigenvalue weighted by atomic mass is 16.5. The van der Waals surface area contributed by atoms with Crippen LogP contribution in [-0.4, -0.2) is 17.1 Å². The number of H-pyrrole nitrogens is 1. The first-order valence-electron chi connectivity index (χ1n) is 4.22. The molecule has 0 aliphatic rings. The Morgan fingerprint density at radius 1 is 1.31 bits per heavy atom. The molecule has 68 valence electrons. The second kappa shape index (κ2) is 2.76. The number of hydrogen-bond acceptors (Lipinski definition) is 2. The third-order valence-corrected chi connectivity index (χ3v) is 2.20. The molecular formula is C10H12N2O. The van der Waals surface area contributed by atoms with E-state index in [0.717, 1.165) is 28.2 Å². The quantitative estimate of drug-likeness (QED) is 0.723. The maximum absolute atomic E-state index is 5.21. The van der Waals surface area contributed by atoms with Crippen LogP contribution in [0.5, 0.6) is 5.75 Å². The van der Waals surface area contributed by atoms with Crippen LogP contribution in [0.4, 0.5) is 0 Å². The van der Waals surface area contributed by atoms with Crippen LogP contribution in [0.25, 0.3) is 11.0 Å². The van der Waals surface area contributed by atoms with Crippen LogP contribution in [-0.2, 0) is 0 Å². The van der Waals surface area contributed by atoms with Gasteiger partial charge in [-0.1, -0.05) is 0 Å². The minimum atomic E-state index is 0.888. The summed E-state index contributed by atoms with van der Waals surface area (Å²) in [7, 11) is 1.67. The van der Waals surface area contributed by atoms with Crippen molar-refractivity contribution in [2.24, 2.45) is 0 Å². The molecule has 13 heavy (non-hydrogen) atoms. The number of aryl methyl sites for hydroxylation is 2. The maximum Gasteiger partial charge on any atom is 0.124 e. The number of nitrogens with one attached hydrogen (secondary N) is 1. The Balaban J connectivity index is 2.78. The minimum Gasteiger partial charge on any atom is -0.496 e. The fraction of sp³-hybridized carbons (Fsp3) is 0.300. The lowest BCUT2D eigenvalue weighted by Crippen LogP contribution is -1.87. The highest BCUT2D eigenvalue weighted by Crippen LogP contribution is 2.24. The normalized spacial score (nSPS) is 10.7. The number of benzene rings is 1. The van der Waals surface area contributed by atoms with E-state index in [1.807, 2.05) is 26.0 Å². The summed E-state index contributed by atoms with van der Waals surface area (Å²) in [5, 5.41) is 0. The molecular weight excluding hydrogens is 164 g/mol. The van der Waals surface area contributed by atoms with E-state index in [9.17, 15) is 0 Å². The van der Waals surface area contributed by atoms with Crippen molar-refractivity contribution in [3.05, 3.63) is 23.5 Å². The molecule has 0 aliphatic heterocycles. The summed E-state index contributed by atoms with van der Waals surface area (Å²) in [4.78, 5) is 7.57. The number of aromatic amines is 1. The van der Waals surface area contributed by atoms with Gasteiger partial charge in [0, 0.05) is 5.56 Å². The van der Waals surface area contributed by atoms with Gasteiger partial charge < -0.3 is 9.72 Å².